The van der Waals surface area contributed by atoms with Crippen molar-refractivity contribution >= 4 is 27.7 Å². The second-order valence-corrected chi connectivity index (χ2v) is 5.22. The third-order valence-corrected chi connectivity index (χ3v) is 3.65. The van der Waals surface area contributed by atoms with Crippen molar-refractivity contribution in [2.45, 2.75) is 5.75 Å². The molecule has 2 aromatic rings. The zero-order valence-electron chi connectivity index (χ0n) is 8.97. The molecule has 1 heterocycles. The normalized spacial score (nSPS) is 10.7. The molecule has 17 heavy (non-hydrogen) atoms. The topological polar surface area (TPSA) is 59.2 Å². The number of hydrogen-bond acceptors (Lipinski definition) is 5. The van der Waals surface area contributed by atoms with Gasteiger partial charge in [-0.15, -0.1) is 22.0 Å². The number of aromatic nitrogens is 2. The van der Waals surface area contributed by atoms with Gasteiger partial charge in [-0.1, -0.05) is 12.1 Å². The number of halogens is 1. The molecule has 0 spiro atoms. The lowest BCUT2D eigenvalue weighted by atomic mass is 10.2. The molecule has 4 nitrogen and oxygen atoms in total. The Morgan fingerprint density at radius 2 is 2.12 bits per heavy atom. The lowest BCUT2D eigenvalue weighted by molar-refractivity contribution is 0.322. The zero-order valence-corrected chi connectivity index (χ0v) is 11.4. The Kier molecular flexibility index (Phi) is 4.58. The molecule has 0 saturated heterocycles. The summed E-state index contributed by atoms with van der Waals surface area (Å²) >= 11 is 5.00. The predicted octanol–water partition coefficient (Wildman–Crippen LogP) is 2.72. The summed E-state index contributed by atoms with van der Waals surface area (Å²) in [6, 6.07) is 7.70. The molecule has 0 unspecified atom stereocenters. The maximum absolute atomic E-state index is 8.67. The van der Waals surface area contributed by atoms with Gasteiger partial charge in [0.2, 0.25) is 11.8 Å². The summed E-state index contributed by atoms with van der Waals surface area (Å²) in [5.74, 6) is 2.39. The van der Waals surface area contributed by atoms with Crippen molar-refractivity contribution in [2.24, 2.45) is 0 Å². The molecule has 0 aliphatic rings. The first-order chi connectivity index (χ1) is 8.31. The van der Waals surface area contributed by atoms with Crippen molar-refractivity contribution in [1.29, 1.82) is 0 Å². The third-order valence-electron chi connectivity index (χ3n) is 2.03. The number of aliphatic hydroxyl groups is 1. The van der Waals surface area contributed by atoms with E-state index in [2.05, 4.69) is 26.1 Å². The van der Waals surface area contributed by atoms with Crippen molar-refractivity contribution in [2.75, 3.05) is 12.4 Å². The fourth-order valence-corrected chi connectivity index (χ4v) is 2.30. The van der Waals surface area contributed by atoms with Crippen molar-refractivity contribution in [1.82, 2.24) is 10.2 Å². The third kappa shape index (κ3) is 3.31. The fraction of sp³-hybridized carbons (Fsp3) is 0.273. The first-order valence-corrected chi connectivity index (χ1v) is 7.02. The molecule has 1 N–H and O–H groups in total. The zero-order chi connectivity index (χ0) is 12.1. The molecule has 2 rings (SSSR count). The van der Waals surface area contributed by atoms with Crippen molar-refractivity contribution in [3.63, 3.8) is 0 Å². The Labute approximate surface area is 112 Å². The maximum atomic E-state index is 8.67. The van der Waals surface area contributed by atoms with Crippen molar-refractivity contribution < 1.29 is 9.52 Å². The standard InChI is InChI=1S/C11H11BrN2O2S/c12-9-4-2-1-3-8(9)11-14-13-10(16-11)7-17-6-5-15/h1-4,15H,5-7H2. The van der Waals surface area contributed by atoms with Gasteiger partial charge in [-0.2, -0.15) is 0 Å². The largest absolute Gasteiger partial charge is 0.420 e. The summed E-state index contributed by atoms with van der Waals surface area (Å²) in [5.41, 5.74) is 0.887. The van der Waals surface area contributed by atoms with E-state index in [4.69, 9.17) is 9.52 Å². The van der Waals surface area contributed by atoms with E-state index in [1.807, 2.05) is 24.3 Å². The van der Waals surface area contributed by atoms with E-state index in [0.29, 0.717) is 23.3 Å². The van der Waals surface area contributed by atoms with Crippen LogP contribution in [-0.4, -0.2) is 27.7 Å². The van der Waals surface area contributed by atoms with Gasteiger partial charge in [-0.3, -0.25) is 0 Å². The number of benzene rings is 1. The monoisotopic (exact) mass is 314 g/mol. The van der Waals surface area contributed by atoms with Gasteiger partial charge in [0.05, 0.1) is 17.9 Å². The van der Waals surface area contributed by atoms with Gasteiger partial charge in [-0.05, 0) is 28.1 Å². The van der Waals surface area contributed by atoms with Crippen LogP contribution in [0.4, 0.5) is 0 Å². The lowest BCUT2D eigenvalue weighted by Crippen LogP contribution is -1.87. The van der Waals surface area contributed by atoms with Crippen LogP contribution in [0.1, 0.15) is 5.89 Å². The van der Waals surface area contributed by atoms with Gasteiger partial charge >= 0.3 is 0 Å². The summed E-state index contributed by atoms with van der Waals surface area (Å²) in [6.45, 7) is 0.163. The van der Waals surface area contributed by atoms with Gasteiger partial charge in [-0.25, -0.2) is 0 Å². The SMILES string of the molecule is OCCSCc1nnc(-c2ccccc2Br)o1. The molecule has 0 aliphatic carbocycles. The molecule has 0 radical (unpaired) electrons. The molecule has 0 bridgehead atoms. The number of nitrogens with zero attached hydrogens (tertiary/aromatic N) is 2. The highest BCUT2D eigenvalue weighted by atomic mass is 79.9. The average molecular weight is 315 g/mol. The van der Waals surface area contributed by atoms with E-state index in [1.165, 1.54) is 0 Å². The number of aliphatic hydroxyl groups excluding tert-OH is 1. The highest BCUT2D eigenvalue weighted by Crippen LogP contribution is 2.27. The Hall–Kier alpha value is -0.850. The predicted molar refractivity (Wildman–Crippen MR) is 70.7 cm³/mol. The van der Waals surface area contributed by atoms with Crippen LogP contribution in [0.3, 0.4) is 0 Å². The van der Waals surface area contributed by atoms with Crippen molar-refractivity contribution in [3.8, 4) is 11.5 Å². The van der Waals surface area contributed by atoms with Gasteiger partial charge in [0.15, 0.2) is 0 Å². The summed E-state index contributed by atoms with van der Waals surface area (Å²) in [4.78, 5) is 0. The second-order valence-electron chi connectivity index (χ2n) is 3.26. The molecule has 1 aromatic carbocycles. The molecule has 0 saturated carbocycles. The molecule has 0 aliphatic heterocycles. The van der Waals surface area contributed by atoms with Gasteiger partial charge in [0.1, 0.15) is 0 Å². The Morgan fingerprint density at radius 3 is 2.88 bits per heavy atom. The highest BCUT2D eigenvalue weighted by molar-refractivity contribution is 9.10. The van der Waals surface area contributed by atoms with E-state index in [-0.39, 0.29) is 6.61 Å². The Balaban J connectivity index is 2.10. The van der Waals surface area contributed by atoms with Gasteiger partial charge < -0.3 is 9.52 Å². The maximum Gasteiger partial charge on any atom is 0.248 e. The van der Waals surface area contributed by atoms with Crippen LogP contribution in [0, 0.1) is 0 Å². The minimum Gasteiger partial charge on any atom is -0.420 e. The summed E-state index contributed by atoms with van der Waals surface area (Å²) in [6.07, 6.45) is 0. The quantitative estimate of drug-likeness (QED) is 0.860. The van der Waals surface area contributed by atoms with Crippen LogP contribution < -0.4 is 0 Å². The van der Waals surface area contributed by atoms with Gasteiger partial charge in [0, 0.05) is 10.2 Å². The first kappa shape index (κ1) is 12.6. The van der Waals surface area contributed by atoms with E-state index < -0.39 is 0 Å². The van der Waals surface area contributed by atoms with Crippen molar-refractivity contribution in [3.05, 3.63) is 34.6 Å². The molecule has 6 heteroatoms. The molecule has 0 fully saturated rings. The minimum atomic E-state index is 0.163. The van der Waals surface area contributed by atoms with E-state index in [9.17, 15) is 0 Å². The summed E-state index contributed by atoms with van der Waals surface area (Å²) < 4.78 is 6.47. The van der Waals surface area contributed by atoms with Crippen LogP contribution in [0.25, 0.3) is 11.5 Å². The van der Waals surface area contributed by atoms with Crippen LogP contribution in [-0.2, 0) is 5.75 Å². The molecule has 1 aromatic heterocycles. The van der Waals surface area contributed by atoms with Crippen LogP contribution in [0.2, 0.25) is 0 Å². The number of rotatable bonds is 5. The second kappa shape index (κ2) is 6.18. The number of hydrogen-bond donors (Lipinski definition) is 1. The van der Waals surface area contributed by atoms with Crippen LogP contribution in [0.5, 0.6) is 0 Å². The Morgan fingerprint density at radius 1 is 1.29 bits per heavy atom. The summed E-state index contributed by atoms with van der Waals surface area (Å²) in [5, 5.41) is 16.6. The van der Waals surface area contributed by atoms with Crippen LogP contribution in [0.15, 0.2) is 33.2 Å². The minimum absolute atomic E-state index is 0.163. The fourth-order valence-electron chi connectivity index (χ4n) is 1.28. The van der Waals surface area contributed by atoms with E-state index in [1.54, 1.807) is 11.8 Å². The molecular weight excluding hydrogens is 304 g/mol. The number of thioether (sulfide) groups is 1. The summed E-state index contributed by atoms with van der Waals surface area (Å²) in [7, 11) is 0. The lowest BCUT2D eigenvalue weighted by Gasteiger charge is -1.97. The molecule has 90 valence electrons. The molecule has 0 amide bonds. The molecular formula is C11H11BrN2O2S. The van der Waals surface area contributed by atoms with E-state index >= 15 is 0 Å². The first-order valence-electron chi connectivity index (χ1n) is 5.07. The van der Waals surface area contributed by atoms with Crippen LogP contribution >= 0.6 is 27.7 Å². The highest BCUT2D eigenvalue weighted by Gasteiger charge is 2.10. The Bertz CT molecular complexity index is 490. The average Bonchev–Trinajstić information content (AvgIpc) is 2.79. The smallest absolute Gasteiger partial charge is 0.248 e. The molecule has 0 atom stereocenters. The van der Waals surface area contributed by atoms with E-state index in [0.717, 1.165) is 10.0 Å². The van der Waals surface area contributed by atoms with Gasteiger partial charge in [0.25, 0.3) is 0 Å².